The summed E-state index contributed by atoms with van der Waals surface area (Å²) in [5.41, 5.74) is 3.69. The zero-order valence-electron chi connectivity index (χ0n) is 20.7. The largest absolute Gasteiger partial charge is 0.481 e. The molecule has 3 aliphatic heterocycles. The van der Waals surface area contributed by atoms with Crippen molar-refractivity contribution in [3.8, 4) is 5.88 Å². The van der Waals surface area contributed by atoms with Gasteiger partial charge in [0, 0.05) is 54.4 Å². The molecule has 4 unspecified atom stereocenters. The van der Waals surface area contributed by atoms with Crippen molar-refractivity contribution in [2.75, 3.05) is 49.3 Å². The number of carbonyl (C=O) groups excluding carboxylic acids is 2. The van der Waals surface area contributed by atoms with Gasteiger partial charge in [0.1, 0.15) is 6.10 Å². The van der Waals surface area contributed by atoms with E-state index in [1.165, 1.54) is 11.8 Å². The summed E-state index contributed by atoms with van der Waals surface area (Å²) >= 11 is 1.47. The molecule has 2 saturated heterocycles. The molecule has 2 fully saturated rings. The minimum Gasteiger partial charge on any atom is -0.481 e. The summed E-state index contributed by atoms with van der Waals surface area (Å²) < 4.78 is 11.0. The maximum absolute atomic E-state index is 12.8. The summed E-state index contributed by atoms with van der Waals surface area (Å²) in [6.45, 7) is 1.86. The Hall–Kier alpha value is -3.45. The van der Waals surface area contributed by atoms with Crippen LogP contribution in [0.5, 0.6) is 5.88 Å². The van der Waals surface area contributed by atoms with E-state index in [0.717, 1.165) is 16.0 Å². The van der Waals surface area contributed by atoms with Crippen LogP contribution in [0.3, 0.4) is 0 Å². The first-order valence-corrected chi connectivity index (χ1v) is 13.5. The van der Waals surface area contributed by atoms with Crippen molar-refractivity contribution in [1.29, 1.82) is 0 Å². The number of methoxy groups -OCH3 is 1. The van der Waals surface area contributed by atoms with Gasteiger partial charge in [0.15, 0.2) is 0 Å². The molecule has 38 heavy (non-hydrogen) atoms. The van der Waals surface area contributed by atoms with Crippen LogP contribution in [0.4, 0.5) is 16.2 Å². The number of nitrogens with zero attached hydrogens (tertiary/aromatic N) is 3. The molecule has 4 atom stereocenters. The number of aliphatic hydroxyl groups is 1. The van der Waals surface area contributed by atoms with Crippen molar-refractivity contribution < 1.29 is 24.2 Å². The lowest BCUT2D eigenvalue weighted by atomic mass is 9.89. The standard InChI is InChI=1S/C26H28N6O5S/c1-36-23-5-3-18-25(31-23)16(6-7-28-18)24(17-10-27-11-20(17)33)29-9-15-12-32(26(35)37-15)14-2-4-21-19(8-14)30-22(34)13-38-21/h2-8,15,17,20,24,27,29,33H,9-13H2,1H3,(H,30,34). The second-order valence-electron chi connectivity index (χ2n) is 9.53. The van der Waals surface area contributed by atoms with Gasteiger partial charge < -0.3 is 30.5 Å². The predicted molar refractivity (Wildman–Crippen MR) is 143 cm³/mol. The average molecular weight is 537 g/mol. The third-order valence-corrected chi connectivity index (χ3v) is 8.21. The Labute approximate surface area is 223 Å². The highest BCUT2D eigenvalue weighted by Gasteiger charge is 2.37. The Morgan fingerprint density at radius 3 is 2.97 bits per heavy atom. The normalized spacial score (nSPS) is 23.7. The lowest BCUT2D eigenvalue weighted by Crippen LogP contribution is -2.39. The van der Waals surface area contributed by atoms with Gasteiger partial charge in [-0.15, -0.1) is 11.8 Å². The molecule has 0 saturated carbocycles. The van der Waals surface area contributed by atoms with Gasteiger partial charge in [-0.25, -0.2) is 9.78 Å². The molecule has 5 heterocycles. The molecule has 0 bridgehead atoms. The summed E-state index contributed by atoms with van der Waals surface area (Å²) in [4.78, 5) is 36.2. The highest BCUT2D eigenvalue weighted by Crippen LogP contribution is 2.36. The smallest absolute Gasteiger partial charge is 0.414 e. The number of ether oxygens (including phenoxy) is 2. The summed E-state index contributed by atoms with van der Waals surface area (Å²) in [5, 5.41) is 20.4. The van der Waals surface area contributed by atoms with Crippen LogP contribution in [0.1, 0.15) is 11.6 Å². The quantitative estimate of drug-likeness (QED) is 0.354. The van der Waals surface area contributed by atoms with Gasteiger partial charge >= 0.3 is 6.09 Å². The monoisotopic (exact) mass is 536 g/mol. The first kappa shape index (κ1) is 24.9. The van der Waals surface area contributed by atoms with Crippen molar-refractivity contribution in [1.82, 2.24) is 20.6 Å². The van der Waals surface area contributed by atoms with Crippen LogP contribution >= 0.6 is 11.8 Å². The predicted octanol–water partition coefficient (Wildman–Crippen LogP) is 1.92. The van der Waals surface area contributed by atoms with Crippen molar-refractivity contribution in [3.63, 3.8) is 0 Å². The molecule has 11 nitrogen and oxygen atoms in total. The number of fused-ring (bicyclic) bond motifs is 2. The number of carbonyl (C=O) groups is 2. The molecule has 0 radical (unpaired) electrons. The number of benzene rings is 1. The van der Waals surface area contributed by atoms with E-state index in [-0.39, 0.29) is 17.9 Å². The van der Waals surface area contributed by atoms with Gasteiger partial charge in [0.25, 0.3) is 0 Å². The molecule has 12 heteroatoms. The topological polar surface area (TPSA) is 138 Å². The maximum atomic E-state index is 12.8. The fraction of sp³-hybridized carbons (Fsp3) is 0.385. The number of thioether (sulfide) groups is 1. The number of anilines is 2. The van der Waals surface area contributed by atoms with Crippen molar-refractivity contribution in [3.05, 3.63) is 48.2 Å². The zero-order chi connectivity index (χ0) is 26.2. The Morgan fingerprint density at radius 1 is 1.26 bits per heavy atom. The van der Waals surface area contributed by atoms with Gasteiger partial charge in [0.05, 0.1) is 42.2 Å². The van der Waals surface area contributed by atoms with E-state index in [9.17, 15) is 14.7 Å². The summed E-state index contributed by atoms with van der Waals surface area (Å²) in [6.07, 6.45) is 0.339. The van der Waals surface area contributed by atoms with E-state index in [4.69, 9.17) is 9.47 Å². The maximum Gasteiger partial charge on any atom is 0.414 e. The van der Waals surface area contributed by atoms with Gasteiger partial charge in [-0.2, -0.15) is 0 Å². The summed E-state index contributed by atoms with van der Waals surface area (Å²) in [6, 6.07) is 10.9. The number of pyridine rings is 2. The zero-order valence-corrected chi connectivity index (χ0v) is 21.5. The minimum atomic E-state index is -0.549. The van der Waals surface area contributed by atoms with Gasteiger partial charge in [-0.05, 0) is 35.9 Å². The second kappa shape index (κ2) is 10.4. The third kappa shape index (κ3) is 4.75. The van der Waals surface area contributed by atoms with E-state index < -0.39 is 18.3 Å². The highest BCUT2D eigenvalue weighted by atomic mass is 32.2. The molecule has 1 aromatic carbocycles. The van der Waals surface area contributed by atoms with Crippen molar-refractivity contribution in [2.24, 2.45) is 5.92 Å². The van der Waals surface area contributed by atoms with Crippen molar-refractivity contribution >= 4 is 46.2 Å². The first-order chi connectivity index (χ1) is 18.5. The van der Waals surface area contributed by atoms with Gasteiger partial charge in [0.2, 0.25) is 11.8 Å². The van der Waals surface area contributed by atoms with Crippen molar-refractivity contribution in [2.45, 2.75) is 23.1 Å². The molecule has 4 N–H and O–H groups in total. The molecule has 198 valence electrons. The Bertz CT molecular complexity index is 1390. The first-order valence-electron chi connectivity index (χ1n) is 12.5. The number of hydrogen-bond donors (Lipinski definition) is 4. The SMILES string of the molecule is COc1ccc2nccc(C(NCC3CN(c4ccc5c(c4)NC(=O)CS5)C(=O)O3)C3CNCC3O)c2n1. The van der Waals surface area contributed by atoms with Crippen LogP contribution < -0.4 is 25.6 Å². The average Bonchev–Trinajstić information content (AvgIpc) is 3.53. The molecule has 0 spiro atoms. The highest BCUT2D eigenvalue weighted by molar-refractivity contribution is 8.00. The number of aliphatic hydroxyl groups excluding tert-OH is 1. The van der Waals surface area contributed by atoms with Crippen LogP contribution in [0.2, 0.25) is 0 Å². The number of rotatable bonds is 7. The fourth-order valence-electron chi connectivity index (χ4n) is 5.25. The van der Waals surface area contributed by atoms with Gasteiger partial charge in [-0.3, -0.25) is 14.7 Å². The van der Waals surface area contributed by atoms with Gasteiger partial charge in [-0.1, -0.05) is 0 Å². The summed E-state index contributed by atoms with van der Waals surface area (Å²) in [5.74, 6) is 0.683. The second-order valence-corrected chi connectivity index (χ2v) is 10.5. The fourth-order valence-corrected chi connectivity index (χ4v) is 6.03. The molecule has 3 aromatic rings. The molecule has 6 rings (SSSR count). The van der Waals surface area contributed by atoms with Crippen LogP contribution in [-0.2, 0) is 9.53 Å². The molecule has 3 aliphatic rings. The number of nitrogens with one attached hydrogen (secondary N) is 3. The van der Waals surface area contributed by atoms with Crippen LogP contribution in [0.15, 0.2) is 47.5 Å². The summed E-state index contributed by atoms with van der Waals surface area (Å²) in [7, 11) is 1.57. The van der Waals surface area contributed by atoms with E-state index >= 15 is 0 Å². The van der Waals surface area contributed by atoms with E-state index in [0.29, 0.717) is 54.7 Å². The number of hydrogen-bond acceptors (Lipinski definition) is 10. The Kier molecular flexibility index (Phi) is 6.78. The minimum absolute atomic E-state index is 0.0592. The lowest BCUT2D eigenvalue weighted by molar-refractivity contribution is -0.113. The third-order valence-electron chi connectivity index (χ3n) is 7.14. The number of cyclic esters (lactones) is 1. The van der Waals surface area contributed by atoms with Crippen LogP contribution in [0.25, 0.3) is 11.0 Å². The Morgan fingerprint density at radius 2 is 2.16 bits per heavy atom. The molecular weight excluding hydrogens is 508 g/mol. The number of aromatic nitrogens is 2. The molecule has 2 aromatic heterocycles. The molecular formula is C26H28N6O5S. The Balaban J connectivity index is 1.22. The van der Waals surface area contributed by atoms with Crippen LogP contribution in [0, 0.1) is 5.92 Å². The van der Waals surface area contributed by atoms with E-state index in [1.54, 1.807) is 24.3 Å². The van der Waals surface area contributed by atoms with Crippen LogP contribution in [-0.4, -0.2) is 78.3 Å². The molecule has 2 amide bonds. The number of amides is 2. The lowest BCUT2D eigenvalue weighted by Gasteiger charge is -2.28. The van der Waals surface area contributed by atoms with E-state index in [2.05, 4.69) is 25.9 Å². The number of β-amino-alcohol motifs (C(OH)–C–C–N with tert-alkyl or cyclic N) is 1. The van der Waals surface area contributed by atoms with E-state index in [1.807, 2.05) is 30.3 Å². The molecule has 0 aliphatic carbocycles.